The number of carbonyl (C=O) groups is 1. The Labute approximate surface area is 158 Å². The Kier molecular flexibility index (Phi) is 4.30. The molecule has 4 rings (SSSR count). The third-order valence-electron chi connectivity index (χ3n) is 5.55. The Balaban J connectivity index is 1.62. The molecule has 5 heteroatoms. The molecule has 1 fully saturated rings. The van der Waals surface area contributed by atoms with Crippen LogP contribution in [-0.2, 0) is 5.54 Å². The summed E-state index contributed by atoms with van der Waals surface area (Å²) in [5, 5.41) is 7.62. The van der Waals surface area contributed by atoms with Crippen LogP contribution in [0.3, 0.4) is 0 Å². The summed E-state index contributed by atoms with van der Waals surface area (Å²) >= 11 is 0. The summed E-state index contributed by atoms with van der Waals surface area (Å²) in [4.78, 5) is 13.0. The van der Waals surface area contributed by atoms with Gasteiger partial charge in [0.15, 0.2) is 0 Å². The van der Waals surface area contributed by atoms with Crippen molar-refractivity contribution in [2.75, 3.05) is 0 Å². The molecule has 1 amide bonds. The number of nitrogens with one attached hydrogen (secondary N) is 1. The number of aryl methyl sites for hydroxylation is 1. The monoisotopic (exact) mass is 363 g/mol. The number of hydrogen-bond donors (Lipinski definition) is 1. The fraction of sp³-hybridized carbons (Fsp3) is 0.273. The molecule has 0 unspecified atom stereocenters. The first-order valence-electron chi connectivity index (χ1n) is 9.19. The zero-order chi connectivity index (χ0) is 19.0. The second-order valence-electron chi connectivity index (χ2n) is 7.24. The first kappa shape index (κ1) is 17.5. The van der Waals surface area contributed by atoms with E-state index in [0.29, 0.717) is 5.56 Å². The quantitative estimate of drug-likeness (QED) is 0.745. The molecule has 0 saturated heterocycles. The van der Waals surface area contributed by atoms with Crippen molar-refractivity contribution in [3.63, 3.8) is 0 Å². The minimum atomic E-state index is -0.415. The number of halogens is 1. The highest BCUT2D eigenvalue weighted by Gasteiger charge is 2.40. The van der Waals surface area contributed by atoms with Gasteiger partial charge in [0.2, 0.25) is 0 Å². The summed E-state index contributed by atoms with van der Waals surface area (Å²) in [5.41, 5.74) is 3.96. The number of para-hydroxylation sites is 1. The second-order valence-corrected chi connectivity index (χ2v) is 7.24. The van der Waals surface area contributed by atoms with Crippen LogP contribution in [0.1, 0.15) is 46.4 Å². The molecule has 2 aromatic carbocycles. The second kappa shape index (κ2) is 6.65. The van der Waals surface area contributed by atoms with Gasteiger partial charge in [-0.2, -0.15) is 5.10 Å². The maximum Gasteiger partial charge on any atom is 0.255 e. The topological polar surface area (TPSA) is 46.9 Å². The Morgan fingerprint density at radius 3 is 2.44 bits per heavy atom. The van der Waals surface area contributed by atoms with Crippen molar-refractivity contribution >= 4 is 5.91 Å². The largest absolute Gasteiger partial charge is 0.342 e. The molecule has 0 spiro atoms. The highest BCUT2D eigenvalue weighted by Crippen LogP contribution is 2.41. The minimum Gasteiger partial charge on any atom is -0.342 e. The average Bonchev–Trinajstić information content (AvgIpc) is 3.01. The van der Waals surface area contributed by atoms with Gasteiger partial charge in [-0.3, -0.25) is 4.79 Å². The summed E-state index contributed by atoms with van der Waals surface area (Å²) < 4.78 is 15.1. The van der Waals surface area contributed by atoms with Crippen LogP contribution in [0.25, 0.3) is 5.69 Å². The standard InChI is InChI=1S/C22H22FN3O/c1-15-6-3-4-7-20(15)26-16(2)19(14-24-26)21(27)25-22(12-5-13-22)17-8-10-18(23)11-9-17/h3-4,6-11,14H,5,12-13H2,1-2H3,(H,25,27). The van der Waals surface area contributed by atoms with E-state index >= 15 is 0 Å². The number of amides is 1. The smallest absolute Gasteiger partial charge is 0.255 e. The summed E-state index contributed by atoms with van der Waals surface area (Å²) in [6, 6.07) is 14.4. The van der Waals surface area contributed by atoms with Gasteiger partial charge in [0.1, 0.15) is 5.82 Å². The molecule has 0 aliphatic heterocycles. The van der Waals surface area contributed by atoms with Crippen molar-refractivity contribution in [3.05, 3.63) is 82.9 Å². The molecule has 4 nitrogen and oxygen atoms in total. The van der Waals surface area contributed by atoms with Gasteiger partial charge in [-0.25, -0.2) is 9.07 Å². The van der Waals surface area contributed by atoms with Gasteiger partial charge in [-0.1, -0.05) is 30.3 Å². The molecule has 1 aliphatic carbocycles. The van der Waals surface area contributed by atoms with Crippen molar-refractivity contribution in [1.29, 1.82) is 0 Å². The minimum absolute atomic E-state index is 0.142. The molecule has 0 bridgehead atoms. The Hall–Kier alpha value is -2.95. The molecule has 0 radical (unpaired) electrons. The van der Waals surface area contributed by atoms with E-state index in [4.69, 9.17) is 0 Å². The molecular formula is C22H22FN3O. The molecule has 138 valence electrons. The average molecular weight is 363 g/mol. The molecule has 1 aromatic heterocycles. The van der Waals surface area contributed by atoms with Crippen molar-refractivity contribution < 1.29 is 9.18 Å². The van der Waals surface area contributed by atoms with Gasteiger partial charge >= 0.3 is 0 Å². The highest BCUT2D eigenvalue weighted by molar-refractivity contribution is 5.95. The number of hydrogen-bond acceptors (Lipinski definition) is 2. The zero-order valence-corrected chi connectivity index (χ0v) is 15.5. The summed E-state index contributed by atoms with van der Waals surface area (Å²) in [6.45, 7) is 3.92. The molecule has 27 heavy (non-hydrogen) atoms. The Morgan fingerprint density at radius 1 is 1.11 bits per heavy atom. The van der Waals surface area contributed by atoms with Crippen LogP contribution in [0.5, 0.6) is 0 Å². The first-order valence-corrected chi connectivity index (χ1v) is 9.19. The van der Waals surface area contributed by atoms with Crippen molar-refractivity contribution in [1.82, 2.24) is 15.1 Å². The van der Waals surface area contributed by atoms with Crippen LogP contribution in [0.15, 0.2) is 54.7 Å². The summed E-state index contributed by atoms with van der Waals surface area (Å²) in [7, 11) is 0. The lowest BCUT2D eigenvalue weighted by atomic mass is 9.71. The van der Waals surface area contributed by atoms with Crippen LogP contribution in [0.4, 0.5) is 4.39 Å². The van der Waals surface area contributed by atoms with Crippen molar-refractivity contribution in [3.8, 4) is 5.69 Å². The predicted molar refractivity (Wildman–Crippen MR) is 102 cm³/mol. The summed E-state index contributed by atoms with van der Waals surface area (Å²) in [6.07, 6.45) is 4.37. The third-order valence-corrected chi connectivity index (χ3v) is 5.55. The number of aromatic nitrogens is 2. The number of carbonyl (C=O) groups excluding carboxylic acids is 1. The SMILES string of the molecule is Cc1ccccc1-n1ncc(C(=O)NC2(c3ccc(F)cc3)CCC2)c1C. The molecule has 1 heterocycles. The van der Waals surface area contributed by atoms with E-state index in [1.165, 1.54) is 12.1 Å². The fourth-order valence-corrected chi connectivity index (χ4v) is 3.75. The normalized spacial score (nSPS) is 15.2. The van der Waals surface area contributed by atoms with E-state index in [0.717, 1.165) is 41.8 Å². The van der Waals surface area contributed by atoms with Crippen LogP contribution < -0.4 is 5.32 Å². The molecule has 3 aromatic rings. The van der Waals surface area contributed by atoms with Gasteiger partial charge in [0.25, 0.3) is 5.91 Å². The van der Waals surface area contributed by atoms with Crippen LogP contribution in [-0.4, -0.2) is 15.7 Å². The molecular weight excluding hydrogens is 341 g/mol. The maximum atomic E-state index is 13.3. The van der Waals surface area contributed by atoms with E-state index in [-0.39, 0.29) is 11.7 Å². The summed E-state index contributed by atoms with van der Waals surface area (Å²) in [5.74, 6) is -0.411. The fourth-order valence-electron chi connectivity index (χ4n) is 3.75. The Morgan fingerprint density at radius 2 is 1.81 bits per heavy atom. The van der Waals surface area contributed by atoms with Crippen LogP contribution in [0, 0.1) is 19.7 Å². The van der Waals surface area contributed by atoms with E-state index in [1.54, 1.807) is 23.0 Å². The number of rotatable bonds is 4. The zero-order valence-electron chi connectivity index (χ0n) is 15.5. The predicted octanol–water partition coefficient (Wildman–Crippen LogP) is 4.44. The van der Waals surface area contributed by atoms with Gasteiger partial charge < -0.3 is 5.32 Å². The number of nitrogens with zero attached hydrogens (tertiary/aromatic N) is 2. The van der Waals surface area contributed by atoms with Gasteiger partial charge in [0.05, 0.1) is 28.7 Å². The van der Waals surface area contributed by atoms with Gasteiger partial charge in [0, 0.05) is 0 Å². The highest BCUT2D eigenvalue weighted by atomic mass is 19.1. The lowest BCUT2D eigenvalue weighted by Gasteiger charge is -2.43. The van der Waals surface area contributed by atoms with Crippen molar-refractivity contribution in [2.24, 2.45) is 0 Å². The lowest BCUT2D eigenvalue weighted by Crippen LogP contribution is -2.50. The van der Waals surface area contributed by atoms with E-state index in [2.05, 4.69) is 10.4 Å². The van der Waals surface area contributed by atoms with Gasteiger partial charge in [-0.05, 0) is 62.4 Å². The van der Waals surface area contributed by atoms with E-state index in [1.807, 2.05) is 38.1 Å². The molecule has 1 N–H and O–H groups in total. The molecule has 1 aliphatic rings. The maximum absolute atomic E-state index is 13.3. The molecule has 1 saturated carbocycles. The lowest BCUT2D eigenvalue weighted by molar-refractivity contribution is 0.0822. The first-order chi connectivity index (χ1) is 13.0. The van der Waals surface area contributed by atoms with Crippen LogP contribution >= 0.6 is 0 Å². The Bertz CT molecular complexity index is 987. The van der Waals surface area contributed by atoms with Crippen molar-refractivity contribution in [2.45, 2.75) is 38.6 Å². The molecule has 0 atom stereocenters. The number of benzene rings is 2. The van der Waals surface area contributed by atoms with E-state index in [9.17, 15) is 9.18 Å². The van der Waals surface area contributed by atoms with Crippen LogP contribution in [0.2, 0.25) is 0 Å². The van der Waals surface area contributed by atoms with Gasteiger partial charge in [-0.15, -0.1) is 0 Å². The van der Waals surface area contributed by atoms with E-state index < -0.39 is 5.54 Å². The third kappa shape index (κ3) is 3.03.